The van der Waals surface area contributed by atoms with Crippen LogP contribution in [0.3, 0.4) is 0 Å². The Morgan fingerprint density at radius 3 is 2.50 bits per heavy atom. The molecular weight excluding hydrogens is 290 g/mol. The number of hydrogen-bond donors (Lipinski definition) is 5. The molecule has 0 unspecified atom stereocenters. The fourth-order valence-electron chi connectivity index (χ4n) is 1.68. The summed E-state index contributed by atoms with van der Waals surface area (Å²) in [6, 6.07) is 8.06. The number of carbonyl (C=O) groups excluding carboxylic acids is 1. The first-order valence-corrected chi connectivity index (χ1v) is 6.19. The number of para-hydroxylation sites is 1. The highest BCUT2D eigenvalue weighted by molar-refractivity contribution is 6.01. The van der Waals surface area contributed by atoms with E-state index in [9.17, 15) is 19.5 Å². The van der Waals surface area contributed by atoms with Crippen LogP contribution in [-0.2, 0) is 0 Å². The third-order valence-corrected chi connectivity index (χ3v) is 2.64. The van der Waals surface area contributed by atoms with Gasteiger partial charge in [-0.2, -0.15) is 5.10 Å². The molecule has 114 valence electrons. The first-order valence-electron chi connectivity index (χ1n) is 6.19. The van der Waals surface area contributed by atoms with Crippen LogP contribution in [0, 0.1) is 0 Å². The largest absolute Gasteiger partial charge is 0.494 e. The molecule has 0 radical (unpaired) electrons. The molecule has 0 aliphatic carbocycles. The number of aromatic hydroxyl groups is 1. The maximum absolute atomic E-state index is 11.6. The lowest BCUT2D eigenvalue weighted by molar-refractivity contribution is 0.252. The van der Waals surface area contributed by atoms with Crippen LogP contribution in [0.15, 0.2) is 45.0 Å². The van der Waals surface area contributed by atoms with Gasteiger partial charge < -0.3 is 10.4 Å². The van der Waals surface area contributed by atoms with Gasteiger partial charge in [0.15, 0.2) is 0 Å². The summed E-state index contributed by atoms with van der Waals surface area (Å²) in [6.45, 7) is 1.39. The van der Waals surface area contributed by atoms with Crippen LogP contribution in [0.1, 0.15) is 12.5 Å². The molecule has 0 aliphatic rings. The monoisotopic (exact) mass is 303 g/mol. The van der Waals surface area contributed by atoms with Crippen molar-refractivity contribution in [1.29, 1.82) is 0 Å². The number of aromatic amines is 2. The van der Waals surface area contributed by atoms with Crippen LogP contribution < -0.4 is 22.0 Å². The number of nitrogens with zero attached hydrogens (tertiary/aromatic N) is 1. The second-order valence-corrected chi connectivity index (χ2v) is 4.26. The predicted octanol–water partition coefficient (Wildman–Crippen LogP) is 0.315. The second-order valence-electron chi connectivity index (χ2n) is 4.26. The van der Waals surface area contributed by atoms with Gasteiger partial charge in [-0.1, -0.05) is 18.2 Å². The standard InChI is InChI=1S/C13H13N5O4/c1-7(9-10(19)15-12(21)16-11(9)20)17-18-13(22)14-8-5-3-2-4-6-8/h2-6H,1H3,(H2,14,18,22)(H3,15,16,19,20,21). The minimum absolute atomic E-state index is 0.0261. The average molecular weight is 303 g/mol. The van der Waals surface area contributed by atoms with E-state index in [-0.39, 0.29) is 11.3 Å². The molecule has 0 bridgehead atoms. The summed E-state index contributed by atoms with van der Waals surface area (Å²) in [5.74, 6) is -0.625. The third-order valence-electron chi connectivity index (χ3n) is 2.64. The van der Waals surface area contributed by atoms with E-state index in [0.717, 1.165) is 0 Å². The van der Waals surface area contributed by atoms with Gasteiger partial charge in [0, 0.05) is 5.69 Å². The maximum atomic E-state index is 11.6. The molecule has 2 aromatic rings. The smallest absolute Gasteiger partial charge is 0.339 e. The minimum atomic E-state index is -0.839. The Kier molecular flexibility index (Phi) is 4.37. The quantitative estimate of drug-likeness (QED) is 0.411. The first-order chi connectivity index (χ1) is 10.5. The van der Waals surface area contributed by atoms with E-state index in [0.29, 0.717) is 5.69 Å². The molecule has 0 aliphatic heterocycles. The van der Waals surface area contributed by atoms with Gasteiger partial charge in [0.25, 0.3) is 5.56 Å². The molecule has 1 heterocycles. The number of amides is 2. The molecule has 1 aromatic heterocycles. The van der Waals surface area contributed by atoms with Gasteiger partial charge in [-0.25, -0.2) is 15.0 Å². The molecular formula is C13H13N5O4. The Balaban J connectivity index is 2.12. The van der Waals surface area contributed by atoms with Crippen molar-refractivity contribution in [3.63, 3.8) is 0 Å². The van der Waals surface area contributed by atoms with Crippen molar-refractivity contribution >= 4 is 17.4 Å². The van der Waals surface area contributed by atoms with Gasteiger partial charge in [-0.3, -0.25) is 14.8 Å². The average Bonchev–Trinajstić information content (AvgIpc) is 2.45. The highest BCUT2D eigenvalue weighted by atomic mass is 16.3. The van der Waals surface area contributed by atoms with E-state index in [4.69, 9.17) is 0 Å². The topological polar surface area (TPSA) is 139 Å². The first kappa shape index (κ1) is 15.0. The third kappa shape index (κ3) is 3.60. The van der Waals surface area contributed by atoms with E-state index >= 15 is 0 Å². The molecule has 2 amide bonds. The van der Waals surface area contributed by atoms with Gasteiger partial charge in [0.05, 0.1) is 5.71 Å². The normalized spacial score (nSPS) is 11.0. The van der Waals surface area contributed by atoms with Crippen molar-refractivity contribution in [1.82, 2.24) is 15.4 Å². The maximum Gasteiger partial charge on any atom is 0.339 e. The zero-order valence-electron chi connectivity index (χ0n) is 11.5. The lowest BCUT2D eigenvalue weighted by Crippen LogP contribution is -2.29. The number of hydrogen-bond acceptors (Lipinski definition) is 5. The fraction of sp³-hybridized carbons (Fsp3) is 0.0769. The van der Waals surface area contributed by atoms with Crippen molar-refractivity contribution in [2.45, 2.75) is 6.92 Å². The van der Waals surface area contributed by atoms with Crippen LogP contribution in [-0.4, -0.2) is 26.8 Å². The summed E-state index contributed by atoms with van der Waals surface area (Å²) in [5, 5.41) is 15.8. The number of benzene rings is 1. The number of urea groups is 1. The van der Waals surface area contributed by atoms with Gasteiger partial charge in [-0.15, -0.1) is 0 Å². The highest BCUT2D eigenvalue weighted by Crippen LogP contribution is 2.06. The summed E-state index contributed by atoms with van der Waals surface area (Å²) in [5.41, 5.74) is 0.886. The van der Waals surface area contributed by atoms with E-state index in [1.807, 2.05) is 9.97 Å². The molecule has 22 heavy (non-hydrogen) atoms. The van der Waals surface area contributed by atoms with Gasteiger partial charge in [-0.05, 0) is 19.1 Å². The zero-order valence-corrected chi connectivity index (χ0v) is 11.5. The molecule has 2 rings (SSSR count). The van der Waals surface area contributed by atoms with Crippen molar-refractivity contribution in [3.05, 3.63) is 56.7 Å². The minimum Gasteiger partial charge on any atom is -0.494 e. The molecule has 0 saturated carbocycles. The zero-order chi connectivity index (χ0) is 16.1. The van der Waals surface area contributed by atoms with Crippen LogP contribution in [0.4, 0.5) is 10.5 Å². The molecule has 0 spiro atoms. The van der Waals surface area contributed by atoms with E-state index in [1.165, 1.54) is 6.92 Å². The molecule has 5 N–H and O–H groups in total. The number of rotatable bonds is 3. The Hall–Kier alpha value is -3.36. The number of H-pyrrole nitrogens is 2. The van der Waals surface area contributed by atoms with Crippen LogP contribution in [0.2, 0.25) is 0 Å². The molecule has 1 aromatic carbocycles. The van der Waals surface area contributed by atoms with Gasteiger partial charge in [0.2, 0.25) is 5.88 Å². The molecule has 9 heteroatoms. The van der Waals surface area contributed by atoms with Crippen LogP contribution in [0.25, 0.3) is 0 Å². The number of aromatic nitrogens is 2. The summed E-state index contributed by atoms with van der Waals surface area (Å²) in [7, 11) is 0. The molecule has 0 fully saturated rings. The summed E-state index contributed by atoms with van der Waals surface area (Å²) < 4.78 is 0. The predicted molar refractivity (Wildman–Crippen MR) is 80.2 cm³/mol. The lowest BCUT2D eigenvalue weighted by atomic mass is 10.2. The Morgan fingerprint density at radius 2 is 1.86 bits per heavy atom. The van der Waals surface area contributed by atoms with E-state index in [1.54, 1.807) is 30.3 Å². The molecule has 0 atom stereocenters. The van der Waals surface area contributed by atoms with E-state index in [2.05, 4.69) is 15.8 Å². The van der Waals surface area contributed by atoms with E-state index < -0.39 is 23.2 Å². The SMILES string of the molecule is CC(=NNC(=O)Nc1ccccc1)c1c(O)[nH]c(=O)[nH]c1=O. The van der Waals surface area contributed by atoms with Crippen molar-refractivity contribution in [3.8, 4) is 5.88 Å². The Labute approximate surface area is 123 Å². The van der Waals surface area contributed by atoms with Gasteiger partial charge >= 0.3 is 11.7 Å². The fourth-order valence-corrected chi connectivity index (χ4v) is 1.68. The number of anilines is 1. The number of nitrogens with one attached hydrogen (secondary N) is 4. The molecule has 9 nitrogen and oxygen atoms in total. The number of hydrazone groups is 1. The second kappa shape index (κ2) is 6.39. The van der Waals surface area contributed by atoms with Crippen molar-refractivity contribution in [2.24, 2.45) is 5.10 Å². The molecule has 0 saturated heterocycles. The number of carbonyl (C=O) groups is 1. The lowest BCUT2D eigenvalue weighted by Gasteiger charge is -2.05. The van der Waals surface area contributed by atoms with Crippen LogP contribution in [0.5, 0.6) is 5.88 Å². The van der Waals surface area contributed by atoms with Crippen LogP contribution >= 0.6 is 0 Å². The van der Waals surface area contributed by atoms with Crippen molar-refractivity contribution < 1.29 is 9.90 Å². The Morgan fingerprint density at radius 1 is 1.18 bits per heavy atom. The Bertz CT molecular complexity index is 822. The summed E-state index contributed by atoms with van der Waals surface area (Å²) in [6.07, 6.45) is 0. The summed E-state index contributed by atoms with van der Waals surface area (Å²) >= 11 is 0. The van der Waals surface area contributed by atoms with Crippen molar-refractivity contribution in [2.75, 3.05) is 5.32 Å². The van der Waals surface area contributed by atoms with Gasteiger partial charge in [0.1, 0.15) is 5.56 Å². The summed E-state index contributed by atoms with van der Waals surface area (Å²) in [4.78, 5) is 38.2. The highest BCUT2D eigenvalue weighted by Gasteiger charge is 2.12.